The second kappa shape index (κ2) is 6.02. The first-order valence-electron chi connectivity index (χ1n) is 7.53. The van der Waals surface area contributed by atoms with Gasteiger partial charge >= 0.3 is 0 Å². The van der Waals surface area contributed by atoms with Crippen LogP contribution in [0.1, 0.15) is 17.2 Å². The quantitative estimate of drug-likeness (QED) is 0.784. The lowest BCUT2D eigenvalue weighted by Crippen LogP contribution is -2.20. The standard InChI is InChI=1S/C18H15ClN4O/c1-24-15-7-3-4-12(9-15)16-10-17(13-5-2-6-14(19)8-13)23-18(22-16)20-11-21-23/h2-11,17H,1H3,(H,20,21,22). The summed E-state index contributed by atoms with van der Waals surface area (Å²) in [4.78, 5) is 4.31. The molecule has 1 aromatic heterocycles. The first-order chi connectivity index (χ1) is 11.7. The van der Waals surface area contributed by atoms with Crippen LogP contribution in [0.3, 0.4) is 0 Å². The average molecular weight is 339 g/mol. The van der Waals surface area contributed by atoms with E-state index in [1.165, 1.54) is 0 Å². The van der Waals surface area contributed by atoms with Gasteiger partial charge in [0, 0.05) is 16.3 Å². The van der Waals surface area contributed by atoms with Gasteiger partial charge in [-0.05, 0) is 35.9 Å². The average Bonchev–Trinajstić information content (AvgIpc) is 3.09. The van der Waals surface area contributed by atoms with Gasteiger partial charge in [-0.25, -0.2) is 4.68 Å². The smallest absolute Gasteiger partial charge is 0.226 e. The van der Waals surface area contributed by atoms with Crippen LogP contribution in [0, 0.1) is 0 Å². The number of nitrogens with zero attached hydrogens (tertiary/aromatic N) is 3. The maximum Gasteiger partial charge on any atom is 0.226 e. The van der Waals surface area contributed by atoms with Crippen LogP contribution in [0.15, 0.2) is 60.9 Å². The minimum absolute atomic E-state index is 0.0800. The molecule has 120 valence electrons. The van der Waals surface area contributed by atoms with Crippen molar-refractivity contribution < 1.29 is 4.74 Å². The van der Waals surface area contributed by atoms with Gasteiger partial charge in [-0.3, -0.25) is 0 Å². The van der Waals surface area contributed by atoms with E-state index in [4.69, 9.17) is 16.3 Å². The lowest BCUT2D eigenvalue weighted by atomic mass is 10.0. The summed E-state index contributed by atoms with van der Waals surface area (Å²) < 4.78 is 7.16. The Morgan fingerprint density at radius 2 is 2.04 bits per heavy atom. The van der Waals surface area contributed by atoms with Crippen molar-refractivity contribution in [2.24, 2.45) is 0 Å². The third kappa shape index (κ3) is 2.63. The number of hydrogen-bond donors (Lipinski definition) is 1. The number of fused-ring (bicyclic) bond motifs is 1. The molecule has 5 nitrogen and oxygen atoms in total. The molecule has 4 rings (SSSR count). The van der Waals surface area contributed by atoms with Crippen molar-refractivity contribution in [3.05, 3.63) is 77.1 Å². The van der Waals surface area contributed by atoms with Crippen molar-refractivity contribution in [1.82, 2.24) is 14.8 Å². The third-order valence-corrected chi connectivity index (χ3v) is 4.21. The van der Waals surface area contributed by atoms with Gasteiger partial charge in [0.1, 0.15) is 18.1 Å². The number of nitrogens with one attached hydrogen (secondary N) is 1. The molecule has 0 aliphatic carbocycles. The Morgan fingerprint density at radius 3 is 2.88 bits per heavy atom. The van der Waals surface area contributed by atoms with Crippen molar-refractivity contribution in [3.8, 4) is 5.75 Å². The molecule has 0 radical (unpaired) electrons. The van der Waals surface area contributed by atoms with Gasteiger partial charge in [0.05, 0.1) is 7.11 Å². The molecule has 1 unspecified atom stereocenters. The molecule has 3 aromatic rings. The monoisotopic (exact) mass is 338 g/mol. The molecule has 1 atom stereocenters. The molecule has 0 amide bonds. The highest BCUT2D eigenvalue weighted by Gasteiger charge is 2.23. The van der Waals surface area contributed by atoms with Gasteiger partial charge in [-0.1, -0.05) is 35.9 Å². The Labute approximate surface area is 144 Å². The van der Waals surface area contributed by atoms with Crippen LogP contribution in [0.5, 0.6) is 5.75 Å². The molecule has 0 saturated carbocycles. The first-order valence-corrected chi connectivity index (χ1v) is 7.90. The molecular weight excluding hydrogens is 324 g/mol. The van der Waals surface area contributed by atoms with Gasteiger partial charge in [-0.2, -0.15) is 10.1 Å². The topological polar surface area (TPSA) is 52.0 Å². The zero-order valence-corrected chi connectivity index (χ0v) is 13.7. The minimum atomic E-state index is -0.0800. The maximum absolute atomic E-state index is 6.16. The summed E-state index contributed by atoms with van der Waals surface area (Å²) in [5, 5.41) is 8.36. The van der Waals surface area contributed by atoms with Gasteiger partial charge in [-0.15, -0.1) is 0 Å². The number of halogens is 1. The van der Waals surface area contributed by atoms with E-state index in [9.17, 15) is 0 Å². The van der Waals surface area contributed by atoms with Crippen LogP contribution in [0.4, 0.5) is 5.95 Å². The molecule has 6 heteroatoms. The van der Waals surface area contributed by atoms with Crippen LogP contribution in [0.25, 0.3) is 5.70 Å². The van der Waals surface area contributed by atoms with Crippen LogP contribution >= 0.6 is 11.6 Å². The third-order valence-electron chi connectivity index (χ3n) is 3.98. The molecule has 0 saturated heterocycles. The summed E-state index contributed by atoms with van der Waals surface area (Å²) >= 11 is 6.16. The zero-order chi connectivity index (χ0) is 16.5. The van der Waals surface area contributed by atoms with Gasteiger partial charge < -0.3 is 10.1 Å². The summed E-state index contributed by atoms with van der Waals surface area (Å²) in [6, 6.07) is 15.6. The van der Waals surface area contributed by atoms with Crippen molar-refractivity contribution in [2.75, 3.05) is 12.4 Å². The van der Waals surface area contributed by atoms with Crippen molar-refractivity contribution in [1.29, 1.82) is 0 Å². The molecule has 24 heavy (non-hydrogen) atoms. The predicted octanol–water partition coefficient (Wildman–Crippen LogP) is 4.00. The normalized spacial score (nSPS) is 16.1. The summed E-state index contributed by atoms with van der Waals surface area (Å²) in [5.74, 6) is 1.50. The number of aromatic nitrogens is 3. The van der Waals surface area contributed by atoms with Crippen molar-refractivity contribution >= 4 is 23.2 Å². The first kappa shape index (κ1) is 14.8. The minimum Gasteiger partial charge on any atom is -0.497 e. The fraction of sp³-hybridized carbons (Fsp3) is 0.111. The van der Waals surface area contributed by atoms with Crippen LogP contribution in [-0.2, 0) is 0 Å². The van der Waals surface area contributed by atoms with E-state index in [0.717, 1.165) is 22.6 Å². The highest BCUT2D eigenvalue weighted by atomic mass is 35.5. The van der Waals surface area contributed by atoms with Gasteiger partial charge in [0.15, 0.2) is 0 Å². The Morgan fingerprint density at radius 1 is 1.17 bits per heavy atom. The van der Waals surface area contributed by atoms with E-state index in [2.05, 4.69) is 21.5 Å². The van der Waals surface area contributed by atoms with Crippen LogP contribution in [-0.4, -0.2) is 21.9 Å². The number of ether oxygens (including phenoxy) is 1. The van der Waals surface area contributed by atoms with E-state index >= 15 is 0 Å². The van der Waals surface area contributed by atoms with E-state index in [0.29, 0.717) is 11.0 Å². The number of hydrogen-bond acceptors (Lipinski definition) is 4. The highest BCUT2D eigenvalue weighted by Crippen LogP contribution is 2.33. The Kier molecular flexibility index (Phi) is 3.70. The second-order valence-electron chi connectivity index (χ2n) is 5.47. The molecule has 0 spiro atoms. The number of benzene rings is 2. The second-order valence-corrected chi connectivity index (χ2v) is 5.90. The Bertz CT molecular complexity index is 919. The summed E-state index contributed by atoms with van der Waals surface area (Å²) in [6.07, 6.45) is 3.66. The lowest BCUT2D eigenvalue weighted by molar-refractivity contribution is 0.414. The fourth-order valence-electron chi connectivity index (χ4n) is 2.82. The van der Waals surface area contributed by atoms with Crippen LogP contribution < -0.4 is 10.1 Å². The van der Waals surface area contributed by atoms with E-state index < -0.39 is 0 Å². The summed E-state index contributed by atoms with van der Waals surface area (Å²) in [5.41, 5.74) is 3.03. The van der Waals surface area contributed by atoms with E-state index in [1.807, 2.05) is 53.2 Å². The van der Waals surface area contributed by atoms with Gasteiger partial charge in [0.2, 0.25) is 5.95 Å². The molecular formula is C18H15ClN4O. The number of methoxy groups -OCH3 is 1. The molecule has 1 N–H and O–H groups in total. The van der Waals surface area contributed by atoms with Crippen molar-refractivity contribution in [2.45, 2.75) is 6.04 Å². The molecule has 2 aromatic carbocycles. The number of anilines is 1. The van der Waals surface area contributed by atoms with E-state index in [-0.39, 0.29) is 6.04 Å². The predicted molar refractivity (Wildman–Crippen MR) is 94.2 cm³/mol. The number of rotatable bonds is 3. The fourth-order valence-corrected chi connectivity index (χ4v) is 3.02. The highest BCUT2D eigenvalue weighted by molar-refractivity contribution is 6.30. The summed E-state index contributed by atoms with van der Waals surface area (Å²) in [6.45, 7) is 0. The Balaban J connectivity index is 1.81. The summed E-state index contributed by atoms with van der Waals surface area (Å²) in [7, 11) is 1.66. The van der Waals surface area contributed by atoms with Gasteiger partial charge in [0.25, 0.3) is 0 Å². The molecule has 0 bridgehead atoms. The lowest BCUT2D eigenvalue weighted by Gasteiger charge is -2.24. The largest absolute Gasteiger partial charge is 0.497 e. The molecule has 2 heterocycles. The Hall–Kier alpha value is -2.79. The molecule has 0 fully saturated rings. The van der Waals surface area contributed by atoms with E-state index in [1.54, 1.807) is 13.4 Å². The SMILES string of the molecule is COc1cccc(C2=CC(c3cccc(Cl)c3)n3ncnc3N2)c1. The molecule has 1 aliphatic heterocycles. The number of allylic oxidation sites excluding steroid dienone is 1. The molecule has 1 aliphatic rings. The van der Waals surface area contributed by atoms with Crippen LogP contribution in [0.2, 0.25) is 5.02 Å². The zero-order valence-electron chi connectivity index (χ0n) is 13.0. The maximum atomic E-state index is 6.16. The van der Waals surface area contributed by atoms with Crippen molar-refractivity contribution in [3.63, 3.8) is 0 Å².